The molecule has 0 saturated heterocycles. The van der Waals surface area contributed by atoms with Gasteiger partial charge < -0.3 is 0 Å². The fraction of sp³-hybridized carbons (Fsp3) is 0.214. The average molecular weight is 501 g/mol. The van der Waals surface area contributed by atoms with Gasteiger partial charge in [-0.1, -0.05) is 72.3 Å². The third kappa shape index (κ3) is 4.67. The van der Waals surface area contributed by atoms with E-state index in [-0.39, 0.29) is 17.3 Å². The third-order valence-electron chi connectivity index (χ3n) is 6.64. The lowest BCUT2D eigenvalue weighted by molar-refractivity contribution is -0.384. The van der Waals surface area contributed by atoms with Crippen molar-refractivity contribution < 1.29 is 4.92 Å². The number of nitro groups is 1. The van der Waals surface area contributed by atoms with Gasteiger partial charge in [-0.2, -0.15) is 0 Å². The molecule has 0 spiro atoms. The Hall–Kier alpha value is -3.81. The van der Waals surface area contributed by atoms with Gasteiger partial charge in [-0.25, -0.2) is 4.98 Å². The smallest absolute Gasteiger partial charge is 0.269 e. The highest BCUT2D eigenvalue weighted by molar-refractivity contribution is 6.31. The van der Waals surface area contributed by atoms with Gasteiger partial charge in [0.25, 0.3) is 11.2 Å². The van der Waals surface area contributed by atoms with E-state index in [9.17, 15) is 14.9 Å². The lowest BCUT2D eigenvalue weighted by atomic mass is 9.97. The van der Waals surface area contributed by atoms with Crippen LogP contribution in [-0.4, -0.2) is 25.9 Å². The maximum absolute atomic E-state index is 14.0. The minimum atomic E-state index is -0.427. The molecule has 8 heteroatoms. The molecule has 0 amide bonds. The second-order valence-corrected chi connectivity index (χ2v) is 9.38. The number of nitro benzene ring substituents is 1. The van der Waals surface area contributed by atoms with Crippen molar-refractivity contribution in [2.24, 2.45) is 0 Å². The zero-order chi connectivity index (χ0) is 25.2. The van der Waals surface area contributed by atoms with Gasteiger partial charge in [-0.15, -0.1) is 0 Å². The van der Waals surface area contributed by atoms with Gasteiger partial charge in [0.05, 0.1) is 22.2 Å². The van der Waals surface area contributed by atoms with Crippen LogP contribution in [0.5, 0.6) is 0 Å². The molecule has 5 rings (SSSR count). The zero-order valence-corrected chi connectivity index (χ0v) is 20.6. The van der Waals surface area contributed by atoms with Crippen LogP contribution in [0.25, 0.3) is 0 Å². The normalized spacial score (nSPS) is 13.5. The number of hydrogen-bond acceptors (Lipinski definition) is 5. The molecule has 3 aromatic carbocycles. The number of aromatic nitrogens is 2. The predicted molar refractivity (Wildman–Crippen MR) is 139 cm³/mol. The molecule has 0 N–H and O–H groups in total. The summed E-state index contributed by atoms with van der Waals surface area (Å²) < 4.78 is 1.79. The number of hydrogen-bond donors (Lipinski definition) is 0. The van der Waals surface area contributed by atoms with E-state index in [2.05, 4.69) is 4.90 Å². The van der Waals surface area contributed by atoms with Crippen LogP contribution in [0.4, 0.5) is 5.69 Å². The predicted octanol–water partition coefficient (Wildman–Crippen LogP) is 5.31. The van der Waals surface area contributed by atoms with Gasteiger partial charge >= 0.3 is 0 Å². The van der Waals surface area contributed by atoms with Crippen molar-refractivity contribution in [2.75, 3.05) is 6.54 Å². The molecule has 0 bridgehead atoms. The zero-order valence-electron chi connectivity index (χ0n) is 19.8. The Kier molecular flexibility index (Phi) is 6.67. The Morgan fingerprint density at radius 3 is 2.28 bits per heavy atom. The molecule has 7 nitrogen and oxygen atoms in total. The van der Waals surface area contributed by atoms with Gasteiger partial charge in [0.15, 0.2) is 0 Å². The first kappa shape index (κ1) is 23.9. The van der Waals surface area contributed by atoms with Crippen LogP contribution >= 0.6 is 11.6 Å². The molecule has 0 atom stereocenters. The lowest BCUT2D eigenvalue weighted by Crippen LogP contribution is -2.40. The van der Waals surface area contributed by atoms with Gasteiger partial charge in [0.2, 0.25) is 0 Å². The second kappa shape index (κ2) is 10.0. The molecule has 1 aliphatic rings. The van der Waals surface area contributed by atoms with Gasteiger partial charge in [-0.05, 0) is 29.7 Å². The maximum Gasteiger partial charge on any atom is 0.269 e. The highest BCUT2D eigenvalue weighted by Crippen LogP contribution is 2.29. The molecule has 0 saturated carbocycles. The summed E-state index contributed by atoms with van der Waals surface area (Å²) in [5.74, 6) is 0.673. The summed E-state index contributed by atoms with van der Waals surface area (Å²) in [4.78, 5) is 31.8. The number of aryl methyl sites for hydroxylation is 1. The number of fused-ring (bicyclic) bond motifs is 1. The number of benzene rings is 3. The van der Waals surface area contributed by atoms with Crippen LogP contribution in [0.15, 0.2) is 83.7 Å². The monoisotopic (exact) mass is 500 g/mol. The van der Waals surface area contributed by atoms with Crippen molar-refractivity contribution in [3.05, 3.63) is 138 Å². The Balaban J connectivity index is 1.54. The topological polar surface area (TPSA) is 81.3 Å². The molecular formula is C28H25ClN4O3. The molecule has 0 radical (unpaired) electrons. The number of halogens is 1. The summed E-state index contributed by atoms with van der Waals surface area (Å²) in [5, 5.41) is 11.7. The highest BCUT2D eigenvalue weighted by atomic mass is 35.5. The van der Waals surface area contributed by atoms with Crippen molar-refractivity contribution in [1.29, 1.82) is 0 Å². The molecule has 4 aromatic rings. The standard InChI is InChI=1S/C28H25ClN4O3/c1-19-30-26-14-15-31(17-22-16-23(33(35)36)12-13-25(22)29)18-24(26)28(34)32(19)27(20-8-4-2-5-9-20)21-10-6-3-7-11-21/h2-13,16,27H,14-15,17-18H2,1H3. The van der Waals surface area contributed by atoms with Crippen molar-refractivity contribution in [2.45, 2.75) is 32.5 Å². The Bertz CT molecular complexity index is 1430. The van der Waals surface area contributed by atoms with E-state index in [1.165, 1.54) is 12.1 Å². The molecule has 36 heavy (non-hydrogen) atoms. The minimum absolute atomic E-state index is 0.0000192. The van der Waals surface area contributed by atoms with Gasteiger partial charge in [0.1, 0.15) is 5.82 Å². The Morgan fingerprint density at radius 2 is 1.67 bits per heavy atom. The fourth-order valence-electron chi connectivity index (χ4n) is 4.90. The first-order valence-corrected chi connectivity index (χ1v) is 12.2. The Labute approximate surface area is 213 Å². The van der Waals surface area contributed by atoms with Crippen molar-refractivity contribution in [3.8, 4) is 0 Å². The molecule has 0 aliphatic carbocycles. The van der Waals surface area contributed by atoms with Crippen molar-refractivity contribution >= 4 is 17.3 Å². The van der Waals surface area contributed by atoms with Crippen LogP contribution in [0, 0.1) is 17.0 Å². The van der Waals surface area contributed by atoms with E-state index in [1.54, 1.807) is 10.6 Å². The molecule has 1 aliphatic heterocycles. The van der Waals surface area contributed by atoms with E-state index < -0.39 is 4.92 Å². The summed E-state index contributed by atoms with van der Waals surface area (Å²) in [7, 11) is 0. The lowest BCUT2D eigenvalue weighted by Gasteiger charge is -2.30. The molecule has 1 aromatic heterocycles. The van der Waals surface area contributed by atoms with Gasteiger partial charge in [-0.3, -0.25) is 24.4 Å². The molecule has 182 valence electrons. The quantitative estimate of drug-likeness (QED) is 0.265. The van der Waals surface area contributed by atoms with Crippen LogP contribution < -0.4 is 5.56 Å². The SMILES string of the molecule is Cc1nc2c(c(=O)n1C(c1ccccc1)c1ccccc1)CN(Cc1cc([N+](=O)[O-])ccc1Cl)CC2. The average Bonchev–Trinajstić information content (AvgIpc) is 2.89. The first-order chi connectivity index (χ1) is 17.4. The fourth-order valence-corrected chi connectivity index (χ4v) is 5.08. The maximum atomic E-state index is 14.0. The van der Waals surface area contributed by atoms with Crippen molar-refractivity contribution in [1.82, 2.24) is 14.5 Å². The van der Waals surface area contributed by atoms with Crippen LogP contribution in [0.2, 0.25) is 5.02 Å². The van der Waals surface area contributed by atoms with E-state index in [0.717, 1.165) is 16.8 Å². The van der Waals surface area contributed by atoms with E-state index >= 15 is 0 Å². The number of rotatable bonds is 6. The second-order valence-electron chi connectivity index (χ2n) is 8.98. The molecular weight excluding hydrogens is 476 g/mol. The number of nitrogens with zero attached hydrogens (tertiary/aromatic N) is 4. The van der Waals surface area contributed by atoms with E-state index in [0.29, 0.717) is 48.0 Å². The largest absolute Gasteiger partial charge is 0.294 e. The van der Waals surface area contributed by atoms with Gasteiger partial charge in [0, 0.05) is 43.2 Å². The molecule has 2 heterocycles. The van der Waals surface area contributed by atoms with Crippen LogP contribution in [0.1, 0.15) is 39.8 Å². The summed E-state index contributed by atoms with van der Waals surface area (Å²) in [6.07, 6.45) is 0.625. The third-order valence-corrected chi connectivity index (χ3v) is 7.01. The Morgan fingerprint density at radius 1 is 1.03 bits per heavy atom. The number of non-ortho nitro benzene ring substituents is 1. The first-order valence-electron chi connectivity index (χ1n) is 11.8. The highest BCUT2D eigenvalue weighted by Gasteiger charge is 2.27. The minimum Gasteiger partial charge on any atom is -0.294 e. The summed E-state index contributed by atoms with van der Waals surface area (Å²) in [5.41, 5.74) is 4.09. The van der Waals surface area contributed by atoms with Crippen LogP contribution in [0.3, 0.4) is 0 Å². The summed E-state index contributed by atoms with van der Waals surface area (Å²) in [6, 6.07) is 24.1. The summed E-state index contributed by atoms with van der Waals surface area (Å²) in [6.45, 7) is 3.38. The van der Waals surface area contributed by atoms with E-state index in [4.69, 9.17) is 16.6 Å². The molecule has 0 unspecified atom stereocenters. The van der Waals surface area contributed by atoms with E-state index in [1.807, 2.05) is 67.6 Å². The molecule has 0 fully saturated rings. The van der Waals surface area contributed by atoms with Crippen molar-refractivity contribution in [3.63, 3.8) is 0 Å². The summed E-state index contributed by atoms with van der Waals surface area (Å²) >= 11 is 6.35. The van der Waals surface area contributed by atoms with Crippen LogP contribution in [-0.2, 0) is 19.5 Å².